The highest BCUT2D eigenvalue weighted by atomic mass is 16.4. The first kappa shape index (κ1) is 24.9. The normalized spacial score (nSPS) is 16.5. The Morgan fingerprint density at radius 1 is 1.06 bits per heavy atom. The van der Waals surface area contributed by atoms with Gasteiger partial charge >= 0.3 is 5.97 Å². The van der Waals surface area contributed by atoms with Gasteiger partial charge in [0.15, 0.2) is 0 Å². The molecule has 0 spiro atoms. The molecule has 2 rings (SSSR count). The number of rotatable bonds is 12. The van der Waals surface area contributed by atoms with Gasteiger partial charge in [-0.3, -0.25) is 14.4 Å². The highest BCUT2D eigenvalue weighted by Crippen LogP contribution is 2.42. The van der Waals surface area contributed by atoms with E-state index in [9.17, 15) is 19.5 Å². The SMILES string of the molecule is CN(C)CCCNC(=O)[C@H](Cc1ccccc1)NC(=O)CC1(CC(=O)O)CCCCC1. The van der Waals surface area contributed by atoms with Crippen LogP contribution in [0.4, 0.5) is 0 Å². The molecule has 1 aliphatic rings. The van der Waals surface area contributed by atoms with Gasteiger partial charge < -0.3 is 20.6 Å². The molecule has 1 aliphatic carbocycles. The van der Waals surface area contributed by atoms with Crippen LogP contribution in [0.15, 0.2) is 30.3 Å². The fourth-order valence-corrected chi connectivity index (χ4v) is 4.41. The van der Waals surface area contributed by atoms with Gasteiger partial charge in [-0.15, -0.1) is 0 Å². The molecule has 0 radical (unpaired) electrons. The summed E-state index contributed by atoms with van der Waals surface area (Å²) in [4.78, 5) is 39.3. The van der Waals surface area contributed by atoms with Gasteiger partial charge in [0, 0.05) is 19.4 Å². The van der Waals surface area contributed by atoms with E-state index in [1.165, 1.54) is 0 Å². The number of carbonyl (C=O) groups is 3. The molecule has 31 heavy (non-hydrogen) atoms. The number of amides is 2. The Morgan fingerprint density at radius 2 is 1.74 bits per heavy atom. The Kier molecular flexibility index (Phi) is 9.98. The third kappa shape index (κ3) is 9.09. The van der Waals surface area contributed by atoms with Gasteiger partial charge in [0.25, 0.3) is 0 Å². The van der Waals surface area contributed by atoms with E-state index >= 15 is 0 Å². The number of carboxylic acids is 1. The maximum atomic E-state index is 12.9. The van der Waals surface area contributed by atoms with Crippen LogP contribution < -0.4 is 10.6 Å². The first-order chi connectivity index (χ1) is 14.8. The van der Waals surface area contributed by atoms with Crippen LogP contribution in [-0.2, 0) is 20.8 Å². The summed E-state index contributed by atoms with van der Waals surface area (Å²) in [6.45, 7) is 1.41. The molecule has 172 valence electrons. The Bertz CT molecular complexity index is 715. The van der Waals surface area contributed by atoms with Crippen LogP contribution in [0, 0.1) is 5.41 Å². The zero-order valence-electron chi connectivity index (χ0n) is 18.9. The first-order valence-electron chi connectivity index (χ1n) is 11.3. The third-order valence-corrected chi connectivity index (χ3v) is 5.99. The van der Waals surface area contributed by atoms with Crippen molar-refractivity contribution in [2.75, 3.05) is 27.2 Å². The van der Waals surface area contributed by atoms with Crippen LogP contribution in [0.2, 0.25) is 0 Å². The molecule has 7 heteroatoms. The summed E-state index contributed by atoms with van der Waals surface area (Å²) in [5.41, 5.74) is 0.461. The summed E-state index contributed by atoms with van der Waals surface area (Å²) in [7, 11) is 3.97. The van der Waals surface area contributed by atoms with Crippen molar-refractivity contribution < 1.29 is 19.5 Å². The number of aliphatic carboxylic acids is 1. The second-order valence-corrected chi connectivity index (χ2v) is 9.07. The Balaban J connectivity index is 2.03. The van der Waals surface area contributed by atoms with E-state index in [1.807, 2.05) is 44.4 Å². The van der Waals surface area contributed by atoms with Crippen molar-refractivity contribution in [1.29, 1.82) is 0 Å². The smallest absolute Gasteiger partial charge is 0.303 e. The summed E-state index contributed by atoms with van der Waals surface area (Å²) < 4.78 is 0. The average Bonchev–Trinajstić information content (AvgIpc) is 2.71. The minimum atomic E-state index is -0.867. The van der Waals surface area contributed by atoms with Crippen molar-refractivity contribution in [1.82, 2.24) is 15.5 Å². The maximum absolute atomic E-state index is 12.9. The molecule has 3 N–H and O–H groups in total. The lowest BCUT2D eigenvalue weighted by atomic mass is 9.69. The lowest BCUT2D eigenvalue weighted by Crippen LogP contribution is -2.49. The number of hydrogen-bond acceptors (Lipinski definition) is 4. The minimum Gasteiger partial charge on any atom is -0.481 e. The summed E-state index contributed by atoms with van der Waals surface area (Å²) in [6, 6.07) is 8.92. The Labute approximate surface area is 185 Å². The number of carboxylic acid groups (broad SMARTS) is 1. The highest BCUT2D eigenvalue weighted by molar-refractivity contribution is 5.88. The molecular formula is C24H37N3O4. The summed E-state index contributed by atoms with van der Waals surface area (Å²) in [5, 5.41) is 15.2. The molecular weight excluding hydrogens is 394 g/mol. The summed E-state index contributed by atoms with van der Waals surface area (Å²) in [6.07, 6.45) is 5.83. The number of carbonyl (C=O) groups excluding carboxylic acids is 2. The Hall–Kier alpha value is -2.41. The fourth-order valence-electron chi connectivity index (χ4n) is 4.41. The minimum absolute atomic E-state index is 0.000500. The second kappa shape index (κ2) is 12.4. The van der Waals surface area contributed by atoms with Crippen molar-refractivity contribution >= 4 is 17.8 Å². The van der Waals surface area contributed by atoms with E-state index in [1.54, 1.807) is 0 Å². The van der Waals surface area contributed by atoms with Crippen molar-refractivity contribution in [3.05, 3.63) is 35.9 Å². The molecule has 0 bridgehead atoms. The third-order valence-electron chi connectivity index (χ3n) is 5.99. The second-order valence-electron chi connectivity index (χ2n) is 9.07. The molecule has 0 heterocycles. The lowest BCUT2D eigenvalue weighted by molar-refractivity contribution is -0.141. The molecule has 1 aromatic carbocycles. The topological polar surface area (TPSA) is 98.7 Å². The molecule has 2 amide bonds. The zero-order chi connectivity index (χ0) is 22.7. The molecule has 1 saturated carbocycles. The van der Waals surface area contributed by atoms with Gasteiger partial charge in [0.1, 0.15) is 6.04 Å². The molecule has 1 fully saturated rings. The monoisotopic (exact) mass is 431 g/mol. The molecule has 0 aromatic heterocycles. The molecule has 1 atom stereocenters. The lowest BCUT2D eigenvalue weighted by Gasteiger charge is -2.36. The summed E-state index contributed by atoms with van der Waals surface area (Å²) in [5.74, 6) is -1.31. The van der Waals surface area contributed by atoms with Crippen LogP contribution in [0.25, 0.3) is 0 Å². The van der Waals surface area contributed by atoms with Gasteiger partial charge in [-0.2, -0.15) is 0 Å². The molecule has 7 nitrogen and oxygen atoms in total. The van der Waals surface area contributed by atoms with Crippen molar-refractivity contribution in [3.63, 3.8) is 0 Å². The largest absolute Gasteiger partial charge is 0.481 e. The molecule has 0 saturated heterocycles. The molecule has 1 aromatic rings. The number of nitrogens with one attached hydrogen (secondary N) is 2. The maximum Gasteiger partial charge on any atom is 0.303 e. The number of hydrogen-bond donors (Lipinski definition) is 3. The first-order valence-corrected chi connectivity index (χ1v) is 11.3. The average molecular weight is 432 g/mol. The van der Waals surface area contributed by atoms with E-state index in [-0.39, 0.29) is 24.7 Å². The zero-order valence-corrected chi connectivity index (χ0v) is 18.9. The standard InChI is InChI=1S/C24H37N3O4/c1-27(2)15-9-14-25-23(31)20(16-19-10-5-3-6-11-19)26-21(28)17-24(18-22(29)30)12-7-4-8-13-24/h3,5-6,10-11,20H,4,7-9,12-18H2,1-2H3,(H,25,31)(H,26,28)(H,29,30)/t20-/m0/s1. The van der Waals surface area contributed by atoms with Crippen molar-refractivity contribution in [3.8, 4) is 0 Å². The van der Waals surface area contributed by atoms with Gasteiger partial charge in [-0.05, 0) is 50.9 Å². The van der Waals surface area contributed by atoms with Gasteiger partial charge in [-0.25, -0.2) is 0 Å². The van der Waals surface area contributed by atoms with E-state index in [0.717, 1.165) is 50.6 Å². The number of benzene rings is 1. The van der Waals surface area contributed by atoms with Gasteiger partial charge in [0.2, 0.25) is 11.8 Å². The summed E-state index contributed by atoms with van der Waals surface area (Å²) >= 11 is 0. The van der Waals surface area contributed by atoms with Crippen molar-refractivity contribution in [2.45, 2.75) is 63.8 Å². The van der Waals surface area contributed by atoms with Crippen molar-refractivity contribution in [2.24, 2.45) is 5.41 Å². The van der Waals surface area contributed by atoms with Crippen LogP contribution in [0.3, 0.4) is 0 Å². The highest BCUT2D eigenvalue weighted by Gasteiger charge is 2.37. The van der Waals surface area contributed by atoms with Crippen LogP contribution in [0.5, 0.6) is 0 Å². The molecule has 0 aliphatic heterocycles. The quantitative estimate of drug-likeness (QED) is 0.442. The van der Waals surface area contributed by atoms with E-state index in [0.29, 0.717) is 13.0 Å². The number of nitrogens with zero attached hydrogens (tertiary/aromatic N) is 1. The molecule has 0 unspecified atom stereocenters. The van der Waals surface area contributed by atoms with E-state index in [2.05, 4.69) is 15.5 Å². The predicted molar refractivity (Wildman–Crippen MR) is 121 cm³/mol. The van der Waals surface area contributed by atoms with Crippen LogP contribution in [0.1, 0.15) is 56.9 Å². The van der Waals surface area contributed by atoms with E-state index in [4.69, 9.17) is 0 Å². The Morgan fingerprint density at radius 3 is 2.35 bits per heavy atom. The fraction of sp³-hybridized carbons (Fsp3) is 0.625. The van der Waals surface area contributed by atoms with Crippen LogP contribution in [-0.4, -0.2) is 61.0 Å². The van der Waals surface area contributed by atoms with Gasteiger partial charge in [0.05, 0.1) is 6.42 Å². The van der Waals surface area contributed by atoms with Crippen LogP contribution >= 0.6 is 0 Å². The predicted octanol–water partition coefficient (Wildman–Crippen LogP) is 2.60. The van der Waals surface area contributed by atoms with Gasteiger partial charge in [-0.1, -0.05) is 49.6 Å². The van der Waals surface area contributed by atoms with E-state index < -0.39 is 17.4 Å².